The van der Waals surface area contributed by atoms with Crippen molar-refractivity contribution in [3.8, 4) is 0 Å². The van der Waals surface area contributed by atoms with Crippen molar-refractivity contribution in [3.63, 3.8) is 0 Å². The summed E-state index contributed by atoms with van der Waals surface area (Å²) >= 11 is 0. The second-order valence-corrected chi connectivity index (χ2v) is 5.95. The van der Waals surface area contributed by atoms with Gasteiger partial charge in [-0.15, -0.1) is 10.2 Å². The maximum Gasteiger partial charge on any atom is 0.171 e. The first kappa shape index (κ1) is 14.7. The van der Waals surface area contributed by atoms with Gasteiger partial charge in [-0.05, 0) is 50.2 Å². The van der Waals surface area contributed by atoms with Crippen LogP contribution >= 0.6 is 0 Å². The molecule has 3 rings (SSSR count). The summed E-state index contributed by atoms with van der Waals surface area (Å²) in [6, 6.07) is 10.7. The fourth-order valence-corrected chi connectivity index (χ4v) is 2.82. The minimum Gasteiger partial charge on any atom is -0.346 e. The van der Waals surface area contributed by atoms with Crippen molar-refractivity contribution in [3.05, 3.63) is 41.9 Å². The van der Waals surface area contributed by atoms with Crippen LogP contribution in [-0.4, -0.2) is 50.3 Å². The molecule has 0 saturated heterocycles. The number of para-hydroxylation sites is 1. The van der Waals surface area contributed by atoms with Crippen LogP contribution in [0.4, 0.5) is 0 Å². The fourth-order valence-electron chi connectivity index (χ4n) is 2.82. The van der Waals surface area contributed by atoms with Crippen LogP contribution in [-0.2, 0) is 7.05 Å². The monoisotopic (exact) mass is 298 g/mol. The van der Waals surface area contributed by atoms with Gasteiger partial charge in [0.15, 0.2) is 5.82 Å². The van der Waals surface area contributed by atoms with Crippen LogP contribution < -0.4 is 0 Å². The Bertz CT molecular complexity index is 770. The maximum absolute atomic E-state index is 4.44. The Labute approximate surface area is 130 Å². The highest BCUT2D eigenvalue weighted by Gasteiger charge is 2.21. The first-order valence-corrected chi connectivity index (χ1v) is 7.51. The minimum atomic E-state index is 0.0843. The number of aromatic nitrogens is 5. The molecule has 0 radical (unpaired) electrons. The van der Waals surface area contributed by atoms with E-state index in [2.05, 4.69) is 76.4 Å². The highest BCUT2D eigenvalue weighted by molar-refractivity contribution is 5.81. The summed E-state index contributed by atoms with van der Waals surface area (Å²) in [6.45, 7) is 2.83. The van der Waals surface area contributed by atoms with Crippen molar-refractivity contribution in [2.45, 2.75) is 19.4 Å². The topological polar surface area (TPSA) is 51.8 Å². The molecule has 1 aromatic carbocycles. The van der Waals surface area contributed by atoms with Crippen molar-refractivity contribution in [1.82, 2.24) is 29.7 Å². The molecule has 0 aliphatic rings. The van der Waals surface area contributed by atoms with Gasteiger partial charge in [-0.1, -0.05) is 18.2 Å². The van der Waals surface area contributed by atoms with Crippen molar-refractivity contribution >= 4 is 10.9 Å². The van der Waals surface area contributed by atoms with E-state index in [9.17, 15) is 0 Å². The molecule has 0 fully saturated rings. The van der Waals surface area contributed by atoms with E-state index < -0.39 is 0 Å². The number of aryl methyl sites for hydroxylation is 2. The Kier molecular flexibility index (Phi) is 3.94. The third-order valence-corrected chi connectivity index (χ3v) is 3.99. The van der Waals surface area contributed by atoms with Gasteiger partial charge in [-0.2, -0.15) is 4.80 Å². The van der Waals surface area contributed by atoms with Gasteiger partial charge in [0.1, 0.15) is 6.04 Å². The molecule has 0 saturated carbocycles. The van der Waals surface area contributed by atoms with Crippen LogP contribution in [0.5, 0.6) is 0 Å². The van der Waals surface area contributed by atoms with Crippen LogP contribution in [0, 0.1) is 6.92 Å². The molecule has 0 aliphatic carbocycles. The molecule has 22 heavy (non-hydrogen) atoms. The van der Waals surface area contributed by atoms with E-state index in [1.807, 2.05) is 6.92 Å². The van der Waals surface area contributed by atoms with Crippen LogP contribution in [0.3, 0.4) is 0 Å². The van der Waals surface area contributed by atoms with Gasteiger partial charge in [0.25, 0.3) is 0 Å². The fraction of sp³-hybridized carbons (Fsp3) is 0.438. The third-order valence-electron chi connectivity index (χ3n) is 3.99. The number of hydrogen-bond acceptors (Lipinski definition) is 4. The third kappa shape index (κ3) is 2.74. The van der Waals surface area contributed by atoms with E-state index in [1.54, 1.807) is 4.80 Å². The normalized spacial score (nSPS) is 13.1. The lowest BCUT2D eigenvalue weighted by molar-refractivity contribution is 0.333. The lowest BCUT2D eigenvalue weighted by Gasteiger charge is -2.19. The molecule has 2 aromatic heterocycles. The number of hydrogen-bond donors (Lipinski definition) is 0. The van der Waals surface area contributed by atoms with Crippen LogP contribution in [0.25, 0.3) is 10.9 Å². The Balaban J connectivity index is 2.05. The van der Waals surface area contributed by atoms with Gasteiger partial charge < -0.3 is 9.47 Å². The Morgan fingerprint density at radius 2 is 2.00 bits per heavy atom. The van der Waals surface area contributed by atoms with E-state index >= 15 is 0 Å². The molecular weight excluding hydrogens is 276 g/mol. The average Bonchev–Trinajstić information content (AvgIpc) is 3.05. The summed E-state index contributed by atoms with van der Waals surface area (Å²) in [6.07, 6.45) is 0.937. The first-order chi connectivity index (χ1) is 10.6. The number of nitrogens with zero attached hydrogens (tertiary/aromatic N) is 6. The van der Waals surface area contributed by atoms with Crippen molar-refractivity contribution in [1.29, 1.82) is 0 Å². The molecule has 6 heteroatoms. The lowest BCUT2D eigenvalue weighted by atomic mass is 10.1. The molecule has 1 atom stereocenters. The molecule has 1 unspecified atom stereocenters. The standard InChI is InChI=1S/C16H22N6/c1-12-17-19-22(18-12)15(9-10-20(2)3)16-11-13-7-5-6-8-14(13)21(16)4/h5-8,11,15H,9-10H2,1-4H3. The quantitative estimate of drug-likeness (QED) is 0.723. The Hall–Kier alpha value is -2.21. The summed E-state index contributed by atoms with van der Waals surface area (Å²) < 4.78 is 2.23. The summed E-state index contributed by atoms with van der Waals surface area (Å²) in [4.78, 5) is 3.92. The van der Waals surface area contributed by atoms with Crippen molar-refractivity contribution in [2.75, 3.05) is 20.6 Å². The van der Waals surface area contributed by atoms with Crippen LogP contribution in [0.15, 0.2) is 30.3 Å². The van der Waals surface area contributed by atoms with E-state index in [0.29, 0.717) is 5.82 Å². The Morgan fingerprint density at radius 1 is 1.23 bits per heavy atom. The predicted octanol–water partition coefficient (Wildman–Crippen LogP) is 2.01. The largest absolute Gasteiger partial charge is 0.346 e. The molecule has 116 valence electrons. The van der Waals surface area contributed by atoms with Gasteiger partial charge in [0, 0.05) is 24.8 Å². The van der Waals surface area contributed by atoms with Crippen molar-refractivity contribution < 1.29 is 0 Å². The Morgan fingerprint density at radius 3 is 2.64 bits per heavy atom. The predicted molar refractivity (Wildman–Crippen MR) is 86.8 cm³/mol. The van der Waals surface area contributed by atoms with E-state index in [1.165, 1.54) is 16.6 Å². The van der Waals surface area contributed by atoms with Gasteiger partial charge >= 0.3 is 0 Å². The zero-order chi connectivity index (χ0) is 15.7. The van der Waals surface area contributed by atoms with Crippen LogP contribution in [0.1, 0.15) is 24.0 Å². The van der Waals surface area contributed by atoms with E-state index in [4.69, 9.17) is 0 Å². The summed E-state index contributed by atoms with van der Waals surface area (Å²) in [5, 5.41) is 13.9. The van der Waals surface area contributed by atoms with Gasteiger partial charge in [-0.25, -0.2) is 0 Å². The van der Waals surface area contributed by atoms with Crippen molar-refractivity contribution in [2.24, 2.45) is 7.05 Å². The molecule has 0 aliphatic heterocycles. The zero-order valence-electron chi connectivity index (χ0n) is 13.6. The first-order valence-electron chi connectivity index (χ1n) is 7.51. The van der Waals surface area contributed by atoms with Gasteiger partial charge in [-0.3, -0.25) is 0 Å². The van der Waals surface area contributed by atoms with Crippen LogP contribution in [0.2, 0.25) is 0 Å². The van der Waals surface area contributed by atoms with E-state index in [0.717, 1.165) is 13.0 Å². The average molecular weight is 298 g/mol. The molecule has 6 nitrogen and oxygen atoms in total. The van der Waals surface area contributed by atoms with Gasteiger partial charge in [0.2, 0.25) is 0 Å². The maximum atomic E-state index is 4.44. The summed E-state index contributed by atoms with van der Waals surface area (Å²) in [5.41, 5.74) is 2.43. The second-order valence-electron chi connectivity index (χ2n) is 5.95. The smallest absolute Gasteiger partial charge is 0.171 e. The second kappa shape index (κ2) is 5.88. The number of benzene rings is 1. The number of fused-ring (bicyclic) bond motifs is 1. The SMILES string of the molecule is Cc1nnn(C(CCN(C)C)c2cc3ccccc3n2C)n1. The zero-order valence-corrected chi connectivity index (χ0v) is 13.6. The molecule has 3 aromatic rings. The highest BCUT2D eigenvalue weighted by Crippen LogP contribution is 2.27. The summed E-state index contributed by atoms with van der Waals surface area (Å²) in [7, 11) is 6.27. The van der Waals surface area contributed by atoms with E-state index in [-0.39, 0.29) is 6.04 Å². The molecule has 0 amide bonds. The molecule has 0 N–H and O–H groups in total. The highest BCUT2D eigenvalue weighted by atomic mass is 15.6. The molecular formula is C16H22N6. The minimum absolute atomic E-state index is 0.0843. The van der Waals surface area contributed by atoms with Gasteiger partial charge in [0.05, 0.1) is 0 Å². The molecule has 0 bridgehead atoms. The molecule has 0 spiro atoms. The number of tetrazole rings is 1. The summed E-state index contributed by atoms with van der Waals surface area (Å²) in [5.74, 6) is 0.702. The molecule has 2 heterocycles. The lowest BCUT2D eigenvalue weighted by Crippen LogP contribution is -2.23. The number of rotatable bonds is 5.